The van der Waals surface area contributed by atoms with Gasteiger partial charge in [-0.15, -0.1) is 0 Å². The van der Waals surface area contributed by atoms with Crippen molar-refractivity contribution in [3.05, 3.63) is 23.1 Å². The van der Waals surface area contributed by atoms with E-state index in [4.69, 9.17) is 4.74 Å². The first-order valence-electron chi connectivity index (χ1n) is 5.46. The van der Waals surface area contributed by atoms with Gasteiger partial charge in [0, 0.05) is 23.7 Å². The molecular formula is C12H19NO4. The molecule has 0 amide bonds. The summed E-state index contributed by atoms with van der Waals surface area (Å²) in [7, 11) is 2.88. The van der Waals surface area contributed by atoms with E-state index in [9.17, 15) is 9.90 Å². The van der Waals surface area contributed by atoms with Crippen LogP contribution in [-0.4, -0.2) is 49.4 Å². The monoisotopic (exact) mass is 241 g/mol. The van der Waals surface area contributed by atoms with Crippen LogP contribution >= 0.6 is 0 Å². The van der Waals surface area contributed by atoms with Crippen LogP contribution in [0.15, 0.2) is 23.1 Å². The van der Waals surface area contributed by atoms with Gasteiger partial charge >= 0.3 is 5.97 Å². The zero-order valence-corrected chi connectivity index (χ0v) is 10.7. The smallest absolute Gasteiger partial charge is 0.333 e. The predicted molar refractivity (Wildman–Crippen MR) is 63.1 cm³/mol. The summed E-state index contributed by atoms with van der Waals surface area (Å²) in [4.78, 5) is 13.3. The van der Waals surface area contributed by atoms with E-state index >= 15 is 0 Å². The van der Waals surface area contributed by atoms with Crippen LogP contribution in [0.5, 0.6) is 0 Å². The minimum absolute atomic E-state index is 0.180. The maximum absolute atomic E-state index is 11.3. The highest BCUT2D eigenvalue weighted by molar-refractivity contribution is 5.88. The molecule has 17 heavy (non-hydrogen) atoms. The van der Waals surface area contributed by atoms with E-state index in [0.717, 1.165) is 6.54 Å². The first-order chi connectivity index (χ1) is 8.04. The quantitative estimate of drug-likeness (QED) is 0.252. The molecule has 1 fully saturated rings. The lowest BCUT2D eigenvalue weighted by atomic mass is 10.2. The zero-order chi connectivity index (χ0) is 13.0. The number of esters is 1. The number of ether oxygens (including phenoxy) is 2. The molecule has 0 aromatic rings. The van der Waals surface area contributed by atoms with Gasteiger partial charge in [0.15, 0.2) is 5.88 Å². The van der Waals surface area contributed by atoms with Gasteiger partial charge in [0.1, 0.15) is 0 Å². The molecule has 5 heteroatoms. The fourth-order valence-corrected chi connectivity index (χ4v) is 1.61. The molecule has 0 spiro atoms. The molecule has 0 aromatic heterocycles. The summed E-state index contributed by atoms with van der Waals surface area (Å²) in [6.45, 7) is 4.42. The van der Waals surface area contributed by atoms with Gasteiger partial charge in [-0.25, -0.2) is 4.79 Å². The first-order valence-corrected chi connectivity index (χ1v) is 5.46. The van der Waals surface area contributed by atoms with E-state index in [1.54, 1.807) is 20.1 Å². The molecule has 0 radical (unpaired) electrons. The number of nitrogens with zero attached hydrogens (tertiary/aromatic N) is 1. The molecule has 96 valence electrons. The Bertz CT molecular complexity index is 360. The minimum Gasteiger partial charge on any atom is -0.482 e. The van der Waals surface area contributed by atoms with Crippen LogP contribution < -0.4 is 0 Å². The van der Waals surface area contributed by atoms with Crippen LogP contribution in [-0.2, 0) is 14.3 Å². The largest absolute Gasteiger partial charge is 0.482 e. The molecule has 1 rings (SSSR count). The summed E-state index contributed by atoms with van der Waals surface area (Å²) in [6.07, 6.45) is 1.59. The van der Waals surface area contributed by atoms with Crippen molar-refractivity contribution in [2.75, 3.05) is 27.4 Å². The van der Waals surface area contributed by atoms with Crippen LogP contribution in [0.4, 0.5) is 0 Å². The maximum Gasteiger partial charge on any atom is 0.333 e. The Morgan fingerprint density at radius 3 is 2.41 bits per heavy atom. The Morgan fingerprint density at radius 1 is 1.47 bits per heavy atom. The number of hydrogen-bond acceptors (Lipinski definition) is 5. The molecule has 1 unspecified atom stereocenters. The number of aliphatic hydroxyl groups is 1. The predicted octanol–water partition coefficient (Wildman–Crippen LogP) is 0.660. The molecule has 0 aromatic carbocycles. The third kappa shape index (κ3) is 3.23. The lowest BCUT2D eigenvalue weighted by molar-refractivity contribution is -0.136. The summed E-state index contributed by atoms with van der Waals surface area (Å²) >= 11 is 0. The lowest BCUT2D eigenvalue weighted by Crippen LogP contribution is -2.09. The second-order valence-corrected chi connectivity index (χ2v) is 4.01. The zero-order valence-electron chi connectivity index (χ0n) is 10.7. The molecule has 1 heterocycles. The fraction of sp³-hybridized carbons (Fsp3) is 0.583. The van der Waals surface area contributed by atoms with E-state index in [2.05, 4.69) is 11.7 Å². The third-order valence-corrected chi connectivity index (χ3v) is 2.66. The molecule has 0 aliphatic carbocycles. The van der Waals surface area contributed by atoms with Gasteiger partial charge in [0.05, 0.1) is 20.8 Å². The standard InChI is InChI=1S/C12H19NO4/c1-8(12(15)17-4)5-10(7-14)11(16-3)13-6-9(13)2/h5,9,14H,6-7H2,1-4H3. The maximum atomic E-state index is 11.3. The number of methoxy groups -OCH3 is 2. The minimum atomic E-state index is -0.412. The Balaban J connectivity index is 2.96. The Kier molecular flexibility index (Phi) is 4.57. The van der Waals surface area contributed by atoms with Crippen molar-refractivity contribution >= 4 is 5.97 Å². The van der Waals surface area contributed by atoms with Gasteiger partial charge < -0.3 is 19.5 Å². The summed E-state index contributed by atoms with van der Waals surface area (Å²) in [5.74, 6) is 0.202. The Morgan fingerprint density at radius 2 is 2.06 bits per heavy atom. The van der Waals surface area contributed by atoms with Crippen molar-refractivity contribution in [1.82, 2.24) is 4.90 Å². The number of carbonyl (C=O) groups excluding carboxylic acids is 1. The van der Waals surface area contributed by atoms with Gasteiger partial charge in [0.2, 0.25) is 0 Å². The third-order valence-electron chi connectivity index (χ3n) is 2.66. The fourth-order valence-electron chi connectivity index (χ4n) is 1.61. The Labute approximate surface area is 101 Å². The second-order valence-electron chi connectivity index (χ2n) is 4.01. The van der Waals surface area contributed by atoms with E-state index in [0.29, 0.717) is 23.1 Å². The van der Waals surface area contributed by atoms with Crippen LogP contribution in [0.2, 0.25) is 0 Å². The van der Waals surface area contributed by atoms with Crippen molar-refractivity contribution in [1.29, 1.82) is 0 Å². The van der Waals surface area contributed by atoms with Crippen molar-refractivity contribution in [3.63, 3.8) is 0 Å². The molecule has 5 nitrogen and oxygen atoms in total. The summed E-state index contributed by atoms with van der Waals surface area (Å²) in [5.41, 5.74) is 1.01. The summed E-state index contributed by atoms with van der Waals surface area (Å²) < 4.78 is 9.86. The van der Waals surface area contributed by atoms with E-state index in [-0.39, 0.29) is 6.61 Å². The molecule has 1 saturated heterocycles. The summed E-state index contributed by atoms with van der Waals surface area (Å²) in [6, 6.07) is 0.415. The molecule has 0 saturated carbocycles. The number of aliphatic hydroxyl groups excluding tert-OH is 1. The normalized spacial score (nSPS) is 20.9. The van der Waals surface area contributed by atoms with Gasteiger partial charge in [-0.05, 0) is 19.9 Å². The van der Waals surface area contributed by atoms with Crippen molar-refractivity contribution in [2.24, 2.45) is 0 Å². The lowest BCUT2D eigenvalue weighted by Gasteiger charge is -2.12. The van der Waals surface area contributed by atoms with Crippen molar-refractivity contribution < 1.29 is 19.4 Å². The van der Waals surface area contributed by atoms with Crippen LogP contribution in [0, 0.1) is 0 Å². The highest BCUT2D eigenvalue weighted by atomic mass is 16.5. The van der Waals surface area contributed by atoms with Gasteiger partial charge in [-0.3, -0.25) is 0 Å². The average molecular weight is 241 g/mol. The highest BCUT2D eigenvalue weighted by Gasteiger charge is 2.33. The average Bonchev–Trinajstić information content (AvgIpc) is 3.04. The van der Waals surface area contributed by atoms with Crippen LogP contribution in [0.3, 0.4) is 0 Å². The SMILES string of the molecule is COC(=O)C(C)=CC(CO)=C(OC)N1CC1C. The van der Waals surface area contributed by atoms with Gasteiger partial charge in [-0.2, -0.15) is 0 Å². The highest BCUT2D eigenvalue weighted by Crippen LogP contribution is 2.26. The Hall–Kier alpha value is -1.49. The molecule has 1 aliphatic heterocycles. The van der Waals surface area contributed by atoms with Crippen molar-refractivity contribution in [3.8, 4) is 0 Å². The molecule has 1 aliphatic rings. The van der Waals surface area contributed by atoms with E-state index in [1.807, 2.05) is 4.90 Å². The van der Waals surface area contributed by atoms with Crippen LogP contribution in [0.25, 0.3) is 0 Å². The van der Waals surface area contributed by atoms with Gasteiger partial charge in [-0.1, -0.05) is 0 Å². The number of carbonyl (C=O) groups is 1. The molecule has 1 N–H and O–H groups in total. The van der Waals surface area contributed by atoms with Crippen molar-refractivity contribution in [2.45, 2.75) is 19.9 Å². The molecule has 0 bridgehead atoms. The summed E-state index contributed by atoms with van der Waals surface area (Å²) in [5, 5.41) is 9.33. The van der Waals surface area contributed by atoms with E-state index < -0.39 is 5.97 Å². The molecule has 1 atom stereocenters. The second kappa shape index (κ2) is 5.72. The van der Waals surface area contributed by atoms with Gasteiger partial charge in [0.25, 0.3) is 0 Å². The first kappa shape index (κ1) is 13.6. The van der Waals surface area contributed by atoms with Crippen LogP contribution in [0.1, 0.15) is 13.8 Å². The molecular weight excluding hydrogens is 222 g/mol. The topological polar surface area (TPSA) is 58.8 Å². The number of hydrogen-bond donors (Lipinski definition) is 1. The number of rotatable bonds is 5. The van der Waals surface area contributed by atoms with E-state index in [1.165, 1.54) is 7.11 Å².